The largest absolute Gasteiger partial charge is 0.322 e. The van der Waals surface area contributed by atoms with Gasteiger partial charge in [0, 0.05) is 5.92 Å². The minimum atomic E-state index is -0.218. The summed E-state index contributed by atoms with van der Waals surface area (Å²) in [5.74, 6) is 2.43. The number of hydrogen-bond donors (Lipinski definition) is 1. The van der Waals surface area contributed by atoms with Gasteiger partial charge in [-0.05, 0) is 19.8 Å². The van der Waals surface area contributed by atoms with Crippen molar-refractivity contribution in [1.82, 2.24) is 24.7 Å². The molecule has 2 N–H and O–H groups in total. The van der Waals surface area contributed by atoms with Gasteiger partial charge in [-0.25, -0.2) is 15.0 Å². The number of rotatable bonds is 3. The molecule has 1 aliphatic rings. The highest BCUT2D eigenvalue weighted by Crippen LogP contribution is 2.38. The normalized spacial score (nSPS) is 15.9. The lowest BCUT2D eigenvalue weighted by molar-refractivity contribution is 0.668. The fourth-order valence-corrected chi connectivity index (χ4v) is 1.81. The van der Waals surface area contributed by atoms with E-state index >= 15 is 0 Å². The van der Waals surface area contributed by atoms with E-state index < -0.39 is 0 Å². The van der Waals surface area contributed by atoms with Crippen molar-refractivity contribution in [2.45, 2.75) is 31.7 Å². The lowest BCUT2D eigenvalue weighted by Gasteiger charge is -2.05. The monoisotopic (exact) mass is 300 g/mol. The van der Waals surface area contributed by atoms with E-state index in [-0.39, 0.29) is 18.4 Å². The predicted octanol–water partition coefficient (Wildman–Crippen LogP) is 2.03. The summed E-state index contributed by atoms with van der Waals surface area (Å²) in [5.41, 5.74) is 5.91. The van der Waals surface area contributed by atoms with Gasteiger partial charge in [0.25, 0.3) is 5.95 Å². The molecular weight excluding hydrogens is 287 g/mol. The first-order valence-electron chi connectivity index (χ1n) is 5.85. The first-order valence-corrected chi connectivity index (χ1v) is 6.23. The molecular formula is C11H14Cl2N6. The Morgan fingerprint density at radius 3 is 2.53 bits per heavy atom. The molecule has 2 aromatic heterocycles. The molecule has 0 radical (unpaired) electrons. The Kier molecular flexibility index (Phi) is 4.03. The summed E-state index contributed by atoms with van der Waals surface area (Å²) in [6.07, 6.45) is 5.36. The number of nitrogens with zero attached hydrogens (tertiary/aromatic N) is 5. The van der Waals surface area contributed by atoms with Crippen molar-refractivity contribution in [1.29, 1.82) is 0 Å². The number of halogens is 2. The molecule has 2 aromatic rings. The van der Waals surface area contributed by atoms with Gasteiger partial charge in [0.15, 0.2) is 11.6 Å². The first kappa shape index (κ1) is 14.2. The highest BCUT2D eigenvalue weighted by atomic mass is 35.5. The molecule has 1 atom stereocenters. The summed E-state index contributed by atoms with van der Waals surface area (Å²) in [6, 6.07) is -0.218. The van der Waals surface area contributed by atoms with Gasteiger partial charge in [0.1, 0.15) is 0 Å². The fourth-order valence-electron chi connectivity index (χ4n) is 1.71. The van der Waals surface area contributed by atoms with E-state index in [1.165, 1.54) is 12.4 Å². The maximum atomic E-state index is 5.91. The summed E-state index contributed by atoms with van der Waals surface area (Å²) in [5, 5.41) is 4.94. The summed E-state index contributed by atoms with van der Waals surface area (Å²) in [4.78, 5) is 12.8. The third kappa shape index (κ3) is 2.86. The smallest absolute Gasteiger partial charge is 0.252 e. The van der Waals surface area contributed by atoms with Crippen LogP contribution in [0.2, 0.25) is 5.02 Å². The van der Waals surface area contributed by atoms with E-state index in [1.807, 2.05) is 6.92 Å². The van der Waals surface area contributed by atoms with Gasteiger partial charge >= 0.3 is 0 Å². The average Bonchev–Trinajstić information content (AvgIpc) is 3.09. The van der Waals surface area contributed by atoms with Gasteiger partial charge in [-0.1, -0.05) is 11.6 Å². The summed E-state index contributed by atoms with van der Waals surface area (Å²) in [6.45, 7) is 1.87. The summed E-state index contributed by atoms with van der Waals surface area (Å²) in [7, 11) is 0. The predicted molar refractivity (Wildman–Crippen MR) is 73.8 cm³/mol. The van der Waals surface area contributed by atoms with Crippen molar-refractivity contribution >= 4 is 24.0 Å². The van der Waals surface area contributed by atoms with Crippen LogP contribution in [0.3, 0.4) is 0 Å². The molecule has 0 amide bonds. The van der Waals surface area contributed by atoms with Crippen molar-refractivity contribution in [2.75, 3.05) is 0 Å². The van der Waals surface area contributed by atoms with E-state index in [4.69, 9.17) is 17.3 Å². The standard InChI is InChI=1S/C11H13ClN6.ClH/c1-6(13)10-16-9(7-2-3-7)17-18(10)11-14-4-8(12)5-15-11;/h4-7H,2-3,13H2,1H3;1H/t6-;/m0./s1. The van der Waals surface area contributed by atoms with Crippen molar-refractivity contribution in [2.24, 2.45) is 5.73 Å². The van der Waals surface area contributed by atoms with Crippen molar-refractivity contribution in [3.8, 4) is 5.95 Å². The molecule has 1 fully saturated rings. The Hall–Kier alpha value is -1.24. The van der Waals surface area contributed by atoms with E-state index in [1.54, 1.807) is 4.68 Å². The molecule has 2 heterocycles. The van der Waals surface area contributed by atoms with Crippen LogP contribution < -0.4 is 5.73 Å². The lowest BCUT2D eigenvalue weighted by Crippen LogP contribution is -2.15. The van der Waals surface area contributed by atoms with E-state index in [0.29, 0.717) is 22.7 Å². The Labute approximate surface area is 121 Å². The van der Waals surface area contributed by atoms with E-state index in [9.17, 15) is 0 Å². The zero-order chi connectivity index (χ0) is 12.7. The third-order valence-corrected chi connectivity index (χ3v) is 2.99. The average molecular weight is 301 g/mol. The van der Waals surface area contributed by atoms with Gasteiger partial charge in [-0.15, -0.1) is 17.5 Å². The second kappa shape index (κ2) is 5.40. The molecule has 0 unspecified atom stereocenters. The SMILES string of the molecule is C[C@H](N)c1nc(C2CC2)nn1-c1ncc(Cl)cn1.Cl. The minimum Gasteiger partial charge on any atom is -0.322 e. The van der Waals surface area contributed by atoms with Gasteiger partial charge in [-0.2, -0.15) is 4.68 Å². The Bertz CT molecular complexity index is 561. The van der Waals surface area contributed by atoms with Crippen LogP contribution >= 0.6 is 24.0 Å². The highest BCUT2D eigenvalue weighted by molar-refractivity contribution is 6.30. The Morgan fingerprint density at radius 2 is 2.00 bits per heavy atom. The van der Waals surface area contributed by atoms with Crippen molar-refractivity contribution in [3.63, 3.8) is 0 Å². The third-order valence-electron chi connectivity index (χ3n) is 2.79. The maximum absolute atomic E-state index is 5.91. The van der Waals surface area contributed by atoms with Crippen LogP contribution in [0.1, 0.15) is 43.4 Å². The van der Waals surface area contributed by atoms with Crippen LogP contribution in [-0.2, 0) is 0 Å². The Morgan fingerprint density at radius 1 is 1.37 bits per heavy atom. The molecule has 19 heavy (non-hydrogen) atoms. The minimum absolute atomic E-state index is 0. The fraction of sp³-hybridized carbons (Fsp3) is 0.455. The van der Waals surface area contributed by atoms with Crippen LogP contribution in [-0.4, -0.2) is 24.7 Å². The van der Waals surface area contributed by atoms with Gasteiger partial charge in [0.2, 0.25) is 0 Å². The Balaban J connectivity index is 0.00000133. The van der Waals surface area contributed by atoms with Crippen LogP contribution in [0.5, 0.6) is 0 Å². The molecule has 8 heteroatoms. The van der Waals surface area contributed by atoms with Crippen LogP contribution in [0.4, 0.5) is 0 Å². The van der Waals surface area contributed by atoms with Gasteiger partial charge in [0.05, 0.1) is 23.5 Å². The van der Waals surface area contributed by atoms with Crippen molar-refractivity contribution in [3.05, 3.63) is 29.1 Å². The van der Waals surface area contributed by atoms with Gasteiger partial charge < -0.3 is 5.73 Å². The molecule has 0 saturated heterocycles. The first-order chi connectivity index (χ1) is 8.65. The molecule has 1 aliphatic carbocycles. The topological polar surface area (TPSA) is 82.5 Å². The molecule has 3 rings (SSSR count). The van der Waals surface area contributed by atoms with Crippen molar-refractivity contribution < 1.29 is 0 Å². The molecule has 102 valence electrons. The van der Waals surface area contributed by atoms with Crippen LogP contribution in [0.15, 0.2) is 12.4 Å². The van der Waals surface area contributed by atoms with E-state index in [2.05, 4.69) is 20.1 Å². The molecule has 0 spiro atoms. The summed E-state index contributed by atoms with van der Waals surface area (Å²) >= 11 is 5.77. The summed E-state index contributed by atoms with van der Waals surface area (Å²) < 4.78 is 1.61. The number of hydrogen-bond acceptors (Lipinski definition) is 5. The van der Waals surface area contributed by atoms with E-state index in [0.717, 1.165) is 18.7 Å². The molecule has 1 saturated carbocycles. The molecule has 0 bridgehead atoms. The van der Waals surface area contributed by atoms with Gasteiger partial charge in [-0.3, -0.25) is 0 Å². The highest BCUT2D eigenvalue weighted by Gasteiger charge is 2.30. The lowest BCUT2D eigenvalue weighted by atomic mass is 10.3. The number of nitrogens with two attached hydrogens (primary N) is 1. The quantitative estimate of drug-likeness (QED) is 0.938. The molecule has 0 aliphatic heterocycles. The second-order valence-corrected chi connectivity index (χ2v) is 4.94. The van der Waals surface area contributed by atoms with Crippen LogP contribution in [0, 0.1) is 0 Å². The molecule has 6 nitrogen and oxygen atoms in total. The number of aromatic nitrogens is 5. The molecule has 0 aromatic carbocycles. The second-order valence-electron chi connectivity index (χ2n) is 4.50. The zero-order valence-electron chi connectivity index (χ0n) is 10.3. The van der Waals surface area contributed by atoms with Crippen LogP contribution in [0.25, 0.3) is 5.95 Å². The zero-order valence-corrected chi connectivity index (χ0v) is 11.9. The maximum Gasteiger partial charge on any atom is 0.252 e.